The lowest BCUT2D eigenvalue weighted by molar-refractivity contribution is 0.00638. The fraction of sp³-hybridized carbons (Fsp3) is 0.720. The van der Waals surface area contributed by atoms with Gasteiger partial charge < -0.3 is 9.64 Å². The summed E-state index contributed by atoms with van der Waals surface area (Å²) in [4.78, 5) is 14.9. The van der Waals surface area contributed by atoms with Crippen LogP contribution in [0.1, 0.15) is 105 Å². The van der Waals surface area contributed by atoms with E-state index >= 15 is 0 Å². The van der Waals surface area contributed by atoms with Gasteiger partial charge in [-0.15, -0.1) is 0 Å². The number of ether oxygens (including phenoxy) is 1. The Kier molecular flexibility index (Phi) is 8.17. The van der Waals surface area contributed by atoms with Crippen molar-refractivity contribution >= 4 is 6.09 Å². The first-order valence-electron chi connectivity index (χ1n) is 10.9. The SMILES string of the molecule is CC.CC(C)C[C@@H]1[C@@H](C)c2ccc(C(C)(C)C)cc2CN1C(=O)OC(C)(C)C. The average molecular weight is 390 g/mol. The smallest absolute Gasteiger partial charge is 0.410 e. The lowest BCUT2D eigenvalue weighted by atomic mass is 9.78. The number of amides is 1. The Morgan fingerprint density at radius 1 is 1.14 bits per heavy atom. The molecular formula is C25H43NO2. The molecule has 0 radical (unpaired) electrons. The number of benzene rings is 1. The minimum atomic E-state index is -0.476. The highest BCUT2D eigenvalue weighted by Crippen LogP contribution is 2.38. The summed E-state index contributed by atoms with van der Waals surface area (Å²) in [6.07, 6.45) is 0.794. The first-order chi connectivity index (χ1) is 12.8. The molecule has 1 amide bonds. The van der Waals surface area contributed by atoms with E-state index in [1.54, 1.807) is 0 Å². The molecule has 1 heterocycles. The zero-order valence-electron chi connectivity index (χ0n) is 20.1. The summed E-state index contributed by atoms with van der Waals surface area (Å²) in [6, 6.07) is 7.00. The van der Waals surface area contributed by atoms with Crippen LogP contribution in [0, 0.1) is 5.92 Å². The number of rotatable bonds is 2. The molecule has 2 rings (SSSR count). The monoisotopic (exact) mass is 389 g/mol. The quantitative estimate of drug-likeness (QED) is 0.532. The molecule has 0 unspecified atom stereocenters. The maximum atomic E-state index is 12.9. The zero-order chi connectivity index (χ0) is 21.9. The summed E-state index contributed by atoms with van der Waals surface area (Å²) >= 11 is 0. The molecule has 0 saturated heterocycles. The Morgan fingerprint density at radius 3 is 2.18 bits per heavy atom. The van der Waals surface area contributed by atoms with Crippen molar-refractivity contribution in [2.24, 2.45) is 5.92 Å². The summed E-state index contributed by atoms with van der Waals surface area (Å²) in [6.45, 7) is 23.8. The molecule has 1 aromatic rings. The predicted molar refractivity (Wildman–Crippen MR) is 120 cm³/mol. The predicted octanol–water partition coefficient (Wildman–Crippen LogP) is 7.28. The normalized spacial score (nSPS) is 19.6. The van der Waals surface area contributed by atoms with Gasteiger partial charge in [0.25, 0.3) is 0 Å². The van der Waals surface area contributed by atoms with Crippen LogP contribution in [-0.4, -0.2) is 22.6 Å². The second-order valence-electron chi connectivity index (χ2n) is 10.3. The molecule has 0 fully saturated rings. The van der Waals surface area contributed by atoms with Crippen molar-refractivity contribution < 1.29 is 9.53 Å². The van der Waals surface area contributed by atoms with Crippen molar-refractivity contribution in [1.82, 2.24) is 4.90 Å². The Labute approximate surface area is 173 Å². The maximum absolute atomic E-state index is 12.9. The Bertz CT molecular complexity index is 649. The van der Waals surface area contributed by atoms with E-state index in [0.717, 1.165) is 6.42 Å². The van der Waals surface area contributed by atoms with Crippen LogP contribution in [0.3, 0.4) is 0 Å². The van der Waals surface area contributed by atoms with Crippen LogP contribution in [0.25, 0.3) is 0 Å². The van der Waals surface area contributed by atoms with Crippen LogP contribution in [0.5, 0.6) is 0 Å². The molecule has 160 valence electrons. The van der Waals surface area contributed by atoms with E-state index in [4.69, 9.17) is 4.74 Å². The molecular weight excluding hydrogens is 346 g/mol. The molecule has 1 aromatic carbocycles. The van der Waals surface area contributed by atoms with Gasteiger partial charge in [0, 0.05) is 18.5 Å². The van der Waals surface area contributed by atoms with Gasteiger partial charge in [0.1, 0.15) is 5.60 Å². The molecule has 3 heteroatoms. The van der Waals surface area contributed by atoms with E-state index in [1.165, 1.54) is 16.7 Å². The Morgan fingerprint density at radius 2 is 1.71 bits per heavy atom. The number of carbonyl (C=O) groups is 1. The zero-order valence-corrected chi connectivity index (χ0v) is 20.1. The molecule has 0 saturated carbocycles. The number of hydrogen-bond acceptors (Lipinski definition) is 2. The van der Waals surface area contributed by atoms with Gasteiger partial charge in [-0.3, -0.25) is 0 Å². The van der Waals surface area contributed by atoms with E-state index in [-0.39, 0.29) is 17.6 Å². The largest absolute Gasteiger partial charge is 0.444 e. The third-order valence-corrected chi connectivity index (χ3v) is 5.16. The highest BCUT2D eigenvalue weighted by molar-refractivity contribution is 5.69. The van der Waals surface area contributed by atoms with Gasteiger partial charge in [0.05, 0.1) is 0 Å². The van der Waals surface area contributed by atoms with Crippen LogP contribution in [-0.2, 0) is 16.7 Å². The van der Waals surface area contributed by atoms with E-state index in [0.29, 0.717) is 18.4 Å². The molecule has 0 aliphatic carbocycles. The van der Waals surface area contributed by atoms with Gasteiger partial charge in [-0.2, -0.15) is 0 Å². The van der Waals surface area contributed by atoms with Crippen LogP contribution < -0.4 is 0 Å². The van der Waals surface area contributed by atoms with Gasteiger partial charge in [-0.25, -0.2) is 4.79 Å². The van der Waals surface area contributed by atoms with E-state index in [1.807, 2.05) is 39.5 Å². The van der Waals surface area contributed by atoms with Crippen LogP contribution in [0.2, 0.25) is 0 Å². The number of hydrogen-bond donors (Lipinski definition) is 0. The minimum Gasteiger partial charge on any atom is -0.444 e. The summed E-state index contributed by atoms with van der Waals surface area (Å²) in [5, 5.41) is 0. The first kappa shape index (κ1) is 24.5. The average Bonchev–Trinajstić information content (AvgIpc) is 2.56. The maximum Gasteiger partial charge on any atom is 0.410 e. The van der Waals surface area contributed by atoms with Crippen molar-refractivity contribution in [3.63, 3.8) is 0 Å². The number of carbonyl (C=O) groups excluding carboxylic acids is 1. The fourth-order valence-corrected chi connectivity index (χ4v) is 3.77. The lowest BCUT2D eigenvalue weighted by Crippen LogP contribution is -2.48. The molecule has 3 nitrogen and oxygen atoms in total. The van der Waals surface area contributed by atoms with Crippen molar-refractivity contribution in [3.05, 3.63) is 34.9 Å². The number of nitrogens with zero attached hydrogens (tertiary/aromatic N) is 1. The van der Waals surface area contributed by atoms with Crippen molar-refractivity contribution in [3.8, 4) is 0 Å². The van der Waals surface area contributed by atoms with E-state index in [9.17, 15) is 4.79 Å². The fourth-order valence-electron chi connectivity index (χ4n) is 3.77. The molecule has 0 aromatic heterocycles. The second-order valence-corrected chi connectivity index (χ2v) is 10.3. The molecule has 1 aliphatic rings. The third-order valence-electron chi connectivity index (χ3n) is 5.16. The summed E-state index contributed by atoms with van der Waals surface area (Å²) < 4.78 is 5.74. The standard InChI is InChI=1S/C23H37NO2.C2H6/c1-15(2)12-20-16(3)19-11-10-18(22(4,5)6)13-17(19)14-24(20)21(25)26-23(7,8)9;1-2/h10-11,13,15-16,20H,12,14H2,1-9H3;1-2H3/t16-,20+;/m0./s1. The van der Waals surface area contributed by atoms with Gasteiger partial charge in [-0.05, 0) is 55.2 Å². The summed E-state index contributed by atoms with van der Waals surface area (Å²) in [7, 11) is 0. The van der Waals surface area contributed by atoms with Crippen LogP contribution in [0.4, 0.5) is 4.79 Å². The van der Waals surface area contributed by atoms with Gasteiger partial charge in [0.15, 0.2) is 0 Å². The Hall–Kier alpha value is -1.51. The second kappa shape index (κ2) is 9.33. The topological polar surface area (TPSA) is 29.5 Å². The third kappa shape index (κ3) is 6.25. The Balaban J connectivity index is 0.00000190. The van der Waals surface area contributed by atoms with Gasteiger partial charge >= 0.3 is 6.09 Å². The molecule has 2 atom stereocenters. The van der Waals surface area contributed by atoms with E-state index in [2.05, 4.69) is 59.7 Å². The summed E-state index contributed by atoms with van der Waals surface area (Å²) in [5.41, 5.74) is 3.58. The van der Waals surface area contributed by atoms with Crippen molar-refractivity contribution in [2.75, 3.05) is 0 Å². The first-order valence-corrected chi connectivity index (χ1v) is 10.9. The lowest BCUT2D eigenvalue weighted by Gasteiger charge is -2.42. The molecule has 28 heavy (non-hydrogen) atoms. The molecule has 1 aliphatic heterocycles. The van der Waals surface area contributed by atoms with Crippen molar-refractivity contribution in [2.45, 2.75) is 112 Å². The molecule has 0 bridgehead atoms. The number of fused-ring (bicyclic) bond motifs is 1. The molecule has 0 spiro atoms. The van der Waals surface area contributed by atoms with Gasteiger partial charge in [-0.1, -0.05) is 73.6 Å². The minimum absolute atomic E-state index is 0.101. The van der Waals surface area contributed by atoms with Gasteiger partial charge in [0.2, 0.25) is 0 Å². The van der Waals surface area contributed by atoms with E-state index < -0.39 is 5.60 Å². The molecule has 0 N–H and O–H groups in total. The summed E-state index contributed by atoms with van der Waals surface area (Å²) in [5.74, 6) is 0.838. The van der Waals surface area contributed by atoms with Crippen molar-refractivity contribution in [1.29, 1.82) is 0 Å². The highest BCUT2D eigenvalue weighted by atomic mass is 16.6. The van der Waals surface area contributed by atoms with Crippen LogP contribution >= 0.6 is 0 Å². The highest BCUT2D eigenvalue weighted by Gasteiger charge is 2.37. The van der Waals surface area contributed by atoms with Crippen LogP contribution in [0.15, 0.2) is 18.2 Å².